The summed E-state index contributed by atoms with van der Waals surface area (Å²) in [7, 11) is 0. The number of aryl methyl sites for hydroxylation is 1. The van der Waals surface area contributed by atoms with E-state index in [1.54, 1.807) is 0 Å². The third-order valence-corrected chi connectivity index (χ3v) is 18.2. The van der Waals surface area contributed by atoms with Crippen molar-refractivity contribution in [1.29, 1.82) is 0 Å². The quantitative estimate of drug-likeness (QED) is 0.145. The van der Waals surface area contributed by atoms with E-state index in [0.717, 1.165) is 42.7 Å². The molecule has 2 atom stereocenters. The number of benzene rings is 10. The number of hydrogen-bond acceptors (Lipinski definition) is 0. The van der Waals surface area contributed by atoms with Crippen LogP contribution >= 0.6 is 0 Å². The summed E-state index contributed by atoms with van der Waals surface area (Å²) in [6.45, 7) is 0. The molecule has 0 radical (unpaired) electrons. The van der Waals surface area contributed by atoms with Gasteiger partial charge in [0.1, 0.15) is 0 Å². The van der Waals surface area contributed by atoms with E-state index in [1.165, 1.54) is 127 Å². The van der Waals surface area contributed by atoms with Crippen molar-refractivity contribution in [3.05, 3.63) is 306 Å². The van der Waals surface area contributed by atoms with Crippen LogP contribution in [0, 0.1) is 0 Å². The molecule has 3 aliphatic carbocycles. The summed E-state index contributed by atoms with van der Waals surface area (Å²) in [6.07, 6.45) is 16.0. The van der Waals surface area contributed by atoms with E-state index in [0.29, 0.717) is 11.8 Å². The first-order valence-electron chi connectivity index (χ1n) is 29.1. The van der Waals surface area contributed by atoms with Crippen LogP contribution in [0.25, 0.3) is 118 Å². The van der Waals surface area contributed by atoms with E-state index in [2.05, 4.69) is 297 Å². The molecule has 4 aromatic heterocycles. The fourth-order valence-corrected chi connectivity index (χ4v) is 14.4. The highest BCUT2D eigenvalue weighted by Crippen LogP contribution is 2.46. The second-order valence-corrected chi connectivity index (χ2v) is 22.7. The van der Waals surface area contributed by atoms with Crippen LogP contribution in [-0.4, -0.2) is 18.3 Å². The lowest BCUT2D eigenvalue weighted by Gasteiger charge is -2.22. The van der Waals surface area contributed by atoms with E-state index in [-0.39, 0.29) is 0 Å². The molecule has 0 bridgehead atoms. The normalized spacial score (nSPS) is 15.6. The minimum atomic E-state index is 0.305. The van der Waals surface area contributed by atoms with Crippen LogP contribution in [0.1, 0.15) is 63.2 Å². The fraction of sp³-hybridized carbons (Fsp3) is 0.0769. The highest BCUT2D eigenvalue weighted by atomic mass is 15.0. The van der Waals surface area contributed by atoms with E-state index < -0.39 is 0 Å². The second kappa shape index (κ2) is 18.7. The Kier molecular flexibility index (Phi) is 10.7. The molecule has 3 aliphatic rings. The van der Waals surface area contributed by atoms with E-state index in [1.807, 2.05) is 0 Å². The van der Waals surface area contributed by atoms with Crippen LogP contribution in [-0.2, 0) is 19.3 Å². The van der Waals surface area contributed by atoms with Gasteiger partial charge in [-0.3, -0.25) is 0 Å². The fourth-order valence-electron chi connectivity index (χ4n) is 14.4. The van der Waals surface area contributed by atoms with E-state index >= 15 is 0 Å². The first kappa shape index (κ1) is 46.7. The molecule has 0 saturated carbocycles. The van der Waals surface area contributed by atoms with Gasteiger partial charge in [-0.05, 0) is 167 Å². The molecule has 10 aromatic carbocycles. The number of allylic oxidation sites excluding steroid dienone is 3. The average molecular weight is 1050 g/mol. The summed E-state index contributed by atoms with van der Waals surface area (Å²) >= 11 is 0. The van der Waals surface area contributed by atoms with Gasteiger partial charge in [0.05, 0.1) is 33.3 Å². The number of aromatic nitrogens is 4. The number of nitrogens with zero attached hydrogens (tertiary/aromatic N) is 4. The molecule has 4 nitrogen and oxygen atoms in total. The molecule has 17 rings (SSSR count). The summed E-state index contributed by atoms with van der Waals surface area (Å²) in [5.41, 5.74) is 26.6. The SMILES string of the molecule is C1=CC(c2ccccc2)Cc2c1n(C1=Cc3c(c4ccccc4n3-c3ccc(-n4c5ccccc5c5ccc(-n6c7c(c8cc(-c9ccccc9)ccc86)CC(c6ccccc6)C=C7)cc54)cc3)CC1)c1ccc(-c3ccccc3)cc21. The van der Waals surface area contributed by atoms with Crippen LogP contribution in [0.3, 0.4) is 0 Å². The van der Waals surface area contributed by atoms with Gasteiger partial charge >= 0.3 is 0 Å². The maximum Gasteiger partial charge on any atom is 0.0561 e. The molecular formula is C78H56N4. The molecular weight excluding hydrogens is 993 g/mol. The lowest BCUT2D eigenvalue weighted by atomic mass is 9.86. The Bertz CT molecular complexity index is 4950. The zero-order valence-electron chi connectivity index (χ0n) is 45.3. The molecule has 82 heavy (non-hydrogen) atoms. The van der Waals surface area contributed by atoms with Gasteiger partial charge in [0.2, 0.25) is 0 Å². The number of para-hydroxylation sites is 2. The van der Waals surface area contributed by atoms with Crippen molar-refractivity contribution in [2.75, 3.05) is 0 Å². The van der Waals surface area contributed by atoms with Crippen molar-refractivity contribution < 1.29 is 0 Å². The van der Waals surface area contributed by atoms with Gasteiger partial charge in [-0.25, -0.2) is 0 Å². The maximum absolute atomic E-state index is 2.59. The Morgan fingerprint density at radius 3 is 1.33 bits per heavy atom. The standard InChI is InChI=1S/C78H56N4/c1-5-17-51(18-6-1)55-29-41-73-67(45-55)68-46-56(52-19-7-2-8-20-52)30-42-74(68)81(73)61-37-39-65-63-25-13-15-27-71(63)79(77(65)49-61)59-33-35-60(36-34-59)80-72-28-16-14-26-64(72)66-40-38-62(50-78(66)80)82-75-43-31-57(53-21-9-3-10-22-53)47-69(75)70-48-58(32-44-76(70)82)54-23-11-4-12-24-54/h1-37,39,41-45,47,49-50,56,58H,38,40,46,48H2. The minimum absolute atomic E-state index is 0.305. The van der Waals surface area contributed by atoms with Crippen molar-refractivity contribution in [3.63, 3.8) is 0 Å². The molecule has 4 heterocycles. The van der Waals surface area contributed by atoms with E-state index in [4.69, 9.17) is 0 Å². The highest BCUT2D eigenvalue weighted by Gasteiger charge is 2.29. The molecule has 0 fully saturated rings. The van der Waals surface area contributed by atoms with Crippen LogP contribution in [0.2, 0.25) is 0 Å². The van der Waals surface area contributed by atoms with Crippen LogP contribution in [0.15, 0.2) is 261 Å². The van der Waals surface area contributed by atoms with Gasteiger partial charge in [-0.15, -0.1) is 0 Å². The smallest absolute Gasteiger partial charge is 0.0561 e. The molecule has 2 unspecified atom stereocenters. The monoisotopic (exact) mass is 1050 g/mol. The van der Waals surface area contributed by atoms with Crippen LogP contribution < -0.4 is 0 Å². The largest absolute Gasteiger partial charge is 0.313 e. The van der Waals surface area contributed by atoms with E-state index in [9.17, 15) is 0 Å². The van der Waals surface area contributed by atoms with Gasteiger partial charge in [-0.2, -0.15) is 0 Å². The lowest BCUT2D eigenvalue weighted by molar-refractivity contribution is 0.822. The van der Waals surface area contributed by atoms with Crippen molar-refractivity contribution in [1.82, 2.24) is 18.3 Å². The Balaban J connectivity index is 0.791. The van der Waals surface area contributed by atoms with Crippen molar-refractivity contribution >= 4 is 78.4 Å². The third-order valence-electron chi connectivity index (χ3n) is 18.2. The minimum Gasteiger partial charge on any atom is -0.313 e. The molecule has 0 saturated heterocycles. The molecule has 4 heteroatoms. The van der Waals surface area contributed by atoms with Gasteiger partial charge in [0.25, 0.3) is 0 Å². The van der Waals surface area contributed by atoms with Crippen molar-refractivity contribution in [2.24, 2.45) is 0 Å². The first-order chi connectivity index (χ1) is 40.7. The van der Waals surface area contributed by atoms with Crippen molar-refractivity contribution in [3.8, 4) is 39.3 Å². The molecule has 0 N–H and O–H groups in total. The molecule has 0 amide bonds. The number of hydrogen-bond donors (Lipinski definition) is 0. The Hall–Kier alpha value is -10.2. The summed E-state index contributed by atoms with van der Waals surface area (Å²) in [5, 5.41) is 6.46. The Labute approximate surface area is 476 Å². The zero-order chi connectivity index (χ0) is 53.8. The van der Waals surface area contributed by atoms with Gasteiger partial charge in [0.15, 0.2) is 0 Å². The first-order valence-corrected chi connectivity index (χ1v) is 29.1. The summed E-state index contributed by atoms with van der Waals surface area (Å²) < 4.78 is 10.1. The van der Waals surface area contributed by atoms with Crippen molar-refractivity contribution in [2.45, 2.75) is 37.5 Å². The predicted octanol–water partition coefficient (Wildman–Crippen LogP) is 19.6. The second-order valence-electron chi connectivity index (χ2n) is 22.7. The maximum atomic E-state index is 2.59. The third kappa shape index (κ3) is 7.38. The lowest BCUT2D eigenvalue weighted by Crippen LogP contribution is -2.10. The van der Waals surface area contributed by atoms with Gasteiger partial charge < -0.3 is 18.3 Å². The highest BCUT2D eigenvalue weighted by molar-refractivity contribution is 6.10. The van der Waals surface area contributed by atoms with Gasteiger partial charge in [-0.1, -0.05) is 188 Å². The zero-order valence-corrected chi connectivity index (χ0v) is 45.3. The molecule has 0 spiro atoms. The average Bonchev–Trinajstić information content (AvgIpc) is 3.78. The number of fused-ring (bicyclic) bond motifs is 12. The molecule has 14 aromatic rings. The number of rotatable bonds is 8. The van der Waals surface area contributed by atoms with Crippen LogP contribution in [0.5, 0.6) is 0 Å². The topological polar surface area (TPSA) is 19.7 Å². The summed E-state index contributed by atoms with van der Waals surface area (Å²) in [4.78, 5) is 0. The molecule has 388 valence electrons. The van der Waals surface area contributed by atoms with Gasteiger partial charge in [0, 0.05) is 72.9 Å². The summed E-state index contributed by atoms with van der Waals surface area (Å²) in [5.74, 6) is 0.625. The van der Waals surface area contributed by atoms with Crippen LogP contribution in [0.4, 0.5) is 0 Å². The predicted molar refractivity (Wildman–Crippen MR) is 344 cm³/mol. The Morgan fingerprint density at radius 1 is 0.280 bits per heavy atom. The molecule has 0 aliphatic heterocycles. The summed E-state index contributed by atoms with van der Waals surface area (Å²) in [6, 6.07) is 92.2. The Morgan fingerprint density at radius 2 is 0.732 bits per heavy atom.